The summed E-state index contributed by atoms with van der Waals surface area (Å²) in [6.07, 6.45) is 6.71. The predicted octanol–water partition coefficient (Wildman–Crippen LogP) is 29.7. The van der Waals surface area contributed by atoms with Crippen LogP contribution in [0.4, 0.5) is 0 Å². The normalized spacial score (nSPS) is 12.7. The van der Waals surface area contributed by atoms with Gasteiger partial charge in [0, 0.05) is 80.7 Å². The Balaban J connectivity index is 0.000000151. The fourth-order valence-corrected chi connectivity index (χ4v) is 30.5. The van der Waals surface area contributed by atoms with E-state index in [2.05, 4.69) is 482 Å². The minimum Gasteiger partial charge on any atom is -0.423 e. The highest BCUT2D eigenvalue weighted by Gasteiger charge is 2.33. The molecular formula is C85H58Br2I14O8S4+4. The smallest absolute Gasteiger partial charge is 0.345 e. The molecule has 113 heavy (non-hydrogen) atoms. The average Bonchev–Trinajstić information content (AvgIpc) is 0.956. The third-order valence-electron chi connectivity index (χ3n) is 16.8. The molecule has 0 aromatic heterocycles. The van der Waals surface area contributed by atoms with Gasteiger partial charge in [0.15, 0.2) is 39.2 Å². The van der Waals surface area contributed by atoms with Crippen LogP contribution < -0.4 is 18.9 Å². The molecule has 28 heteroatoms. The maximum Gasteiger partial charge on any atom is 0.345 e. The van der Waals surface area contributed by atoms with Crippen LogP contribution in [0.1, 0.15) is 73.5 Å². The zero-order chi connectivity index (χ0) is 80.6. The molecule has 0 radical (unpaired) electrons. The second kappa shape index (κ2) is 46.9. The van der Waals surface area contributed by atoms with Gasteiger partial charge < -0.3 is 18.9 Å². The van der Waals surface area contributed by atoms with E-state index in [1.165, 1.54) is 96.5 Å². The lowest BCUT2D eigenvalue weighted by Crippen LogP contribution is -2.17. The number of hydrogen-bond acceptors (Lipinski definition) is 8. The second-order valence-electron chi connectivity index (χ2n) is 24.3. The summed E-state index contributed by atoms with van der Waals surface area (Å²) in [6, 6.07) is 81.9. The number of halogens is 16. The van der Waals surface area contributed by atoms with Gasteiger partial charge in [0.25, 0.3) is 0 Å². The molecule has 0 saturated carbocycles. The van der Waals surface area contributed by atoms with Crippen molar-refractivity contribution in [3.63, 3.8) is 0 Å². The Morgan fingerprint density at radius 1 is 0.248 bits per heavy atom. The summed E-state index contributed by atoms with van der Waals surface area (Å²) >= 11 is 38.2. The lowest BCUT2D eigenvalue weighted by atomic mass is 10.2. The van der Waals surface area contributed by atoms with Gasteiger partial charge in [0.05, 0.1) is 44.0 Å². The van der Waals surface area contributed by atoms with E-state index in [1.54, 1.807) is 0 Å². The first-order valence-electron chi connectivity index (χ1n) is 34.0. The van der Waals surface area contributed by atoms with Gasteiger partial charge in [0.1, 0.15) is 46.0 Å². The van der Waals surface area contributed by atoms with Gasteiger partial charge in [-0.05, 0) is 591 Å². The number of carbonyl (C=O) groups is 4. The molecule has 0 spiro atoms. The minimum absolute atomic E-state index is 0.249. The Morgan fingerprint density at radius 3 is 0.681 bits per heavy atom. The van der Waals surface area contributed by atoms with Crippen molar-refractivity contribution in [2.24, 2.45) is 0 Å². The van der Waals surface area contributed by atoms with Crippen LogP contribution in [0.2, 0.25) is 0 Å². The van der Waals surface area contributed by atoms with Crippen molar-refractivity contribution < 1.29 is 38.1 Å². The summed E-state index contributed by atoms with van der Waals surface area (Å²) in [5.74, 6) is 6.29. The number of esters is 4. The van der Waals surface area contributed by atoms with Gasteiger partial charge in [0.2, 0.25) is 0 Å². The van der Waals surface area contributed by atoms with E-state index in [0.717, 1.165) is 56.7 Å². The fraction of sp³-hybridized carbons (Fsp3) is 0.106. The van der Waals surface area contributed by atoms with Crippen molar-refractivity contribution in [1.82, 2.24) is 0 Å². The fourth-order valence-electron chi connectivity index (χ4n) is 11.2. The van der Waals surface area contributed by atoms with Crippen molar-refractivity contribution in [2.45, 2.75) is 71.3 Å². The van der Waals surface area contributed by atoms with Gasteiger partial charge in [-0.2, -0.15) is 0 Å². The van der Waals surface area contributed by atoms with E-state index in [1.807, 2.05) is 109 Å². The van der Waals surface area contributed by atoms with E-state index >= 15 is 0 Å². The van der Waals surface area contributed by atoms with Gasteiger partial charge in [-0.3, -0.25) is 0 Å². The molecule has 0 N–H and O–H groups in total. The van der Waals surface area contributed by atoms with E-state index in [-0.39, 0.29) is 45.7 Å². The molecule has 12 aromatic rings. The molecule has 2 aliphatic heterocycles. The maximum absolute atomic E-state index is 12.9. The van der Waals surface area contributed by atoms with E-state index in [4.69, 9.17) is 18.9 Å². The molecule has 8 nitrogen and oxygen atoms in total. The molecule has 0 bridgehead atoms. The van der Waals surface area contributed by atoms with Crippen LogP contribution in [-0.4, -0.2) is 46.9 Å². The Hall–Kier alpha value is 1.10. The summed E-state index contributed by atoms with van der Waals surface area (Å²) in [4.78, 5) is 60.9. The Kier molecular flexibility index (Phi) is 39.3. The van der Waals surface area contributed by atoms with Crippen LogP contribution in [0.5, 0.6) is 23.0 Å². The Bertz CT molecular complexity index is 5070. The SMILES string of the molecule is O=C(Oc1ccc([S+](c2ccc(Br)cc2)c2ccc(Br)cc2)cc1)c1c(I)ccc(I)c1I.O=C(Oc1ccc([S+](c2ccc(I)cc2)c2ccc(I)cc2)cc1)c1c(I)ccc(I)c1I.O=C(Oc1ccc([S+]2CCCC2)cc1)c1c(I)ccc(I)c1I.O=C(Oc1ccc([S+]2CCCCC2)cc1)c1c(I)ccc(I)c1I. The van der Waals surface area contributed by atoms with Crippen LogP contribution >= 0.6 is 348 Å². The van der Waals surface area contributed by atoms with Crippen LogP contribution in [0, 0.1) is 50.0 Å². The van der Waals surface area contributed by atoms with Gasteiger partial charge >= 0.3 is 23.9 Å². The molecule has 0 amide bonds. The number of hydrogen-bond donors (Lipinski definition) is 0. The molecule has 14 rings (SSSR count). The first kappa shape index (κ1) is 94.8. The number of carbonyl (C=O) groups excluding carboxylic acids is 4. The summed E-state index contributed by atoms with van der Waals surface area (Å²) in [6.45, 7) is 0. The topological polar surface area (TPSA) is 105 Å². The molecule has 0 atom stereocenters. The van der Waals surface area contributed by atoms with Gasteiger partial charge in [-0.1, -0.05) is 31.9 Å². The van der Waals surface area contributed by atoms with E-state index in [9.17, 15) is 19.2 Å². The zero-order valence-corrected chi connectivity index (χ0v) is 95.0. The van der Waals surface area contributed by atoms with E-state index < -0.39 is 0 Å². The molecule has 0 unspecified atom stereocenters. The van der Waals surface area contributed by atoms with Gasteiger partial charge in [-0.15, -0.1) is 0 Å². The standard InChI is InChI=1S/C25H14Br2I3O2S.C25H14I5O2S.C18H16I3O2S.C17H14I3O2S/c2*26-15-1-7-18(8-2-15)33(19-9-3-16(27)4-10-19)20-11-5-17(6-12-20)32-25(31)23-21(28)13-14-22(29)24(23)30;19-14-8-9-15(20)17(21)16(14)18(22)23-12-4-6-13(7-5-12)24-10-2-1-3-11-24;18-13-7-8-14(19)16(20)15(13)17(21)22-11-3-5-12(6-4-11)23-9-1-2-10-23/h2*1-14H;4-9H,1-3,10-11H2;3-8H,1-2,9-10H2/q4*+1. The van der Waals surface area contributed by atoms with Crippen molar-refractivity contribution in [3.05, 3.63) is 324 Å². The predicted molar refractivity (Wildman–Crippen MR) is 589 cm³/mol. The lowest BCUT2D eigenvalue weighted by molar-refractivity contribution is 0.0722. The minimum atomic E-state index is -0.338. The van der Waals surface area contributed by atoms with Crippen LogP contribution in [0.15, 0.2) is 291 Å². The summed E-state index contributed by atoms with van der Waals surface area (Å²) < 4.78 is 38.7. The Labute approximate surface area is 878 Å². The van der Waals surface area contributed by atoms with Crippen molar-refractivity contribution in [3.8, 4) is 23.0 Å². The number of rotatable bonds is 16. The van der Waals surface area contributed by atoms with Crippen LogP contribution in [-0.2, 0) is 43.6 Å². The number of ether oxygens (including phenoxy) is 4. The number of benzene rings is 12. The van der Waals surface area contributed by atoms with E-state index in [0.29, 0.717) is 67.0 Å². The monoisotopic (exact) mass is 3270 g/mol. The average molecular weight is 3270 g/mol. The van der Waals surface area contributed by atoms with Crippen LogP contribution in [0.25, 0.3) is 0 Å². The highest BCUT2D eigenvalue weighted by molar-refractivity contribution is 14.1. The van der Waals surface area contributed by atoms with Crippen molar-refractivity contribution in [2.75, 3.05) is 23.0 Å². The molecule has 578 valence electrons. The Morgan fingerprint density at radius 2 is 0.442 bits per heavy atom. The summed E-state index contributed by atoms with van der Waals surface area (Å²) in [7, 11) is 0.246. The molecule has 0 aliphatic carbocycles. The molecule has 2 aliphatic rings. The molecular weight excluding hydrogens is 3210 g/mol. The molecule has 2 heterocycles. The van der Waals surface area contributed by atoms with Crippen LogP contribution in [0.3, 0.4) is 0 Å². The summed E-state index contributed by atoms with van der Waals surface area (Å²) in [5, 5.41) is 0. The third kappa shape index (κ3) is 26.8. The largest absolute Gasteiger partial charge is 0.423 e. The molecule has 12 aromatic carbocycles. The van der Waals surface area contributed by atoms with Crippen molar-refractivity contribution in [1.29, 1.82) is 0 Å². The molecule has 2 saturated heterocycles. The third-order valence-corrected chi connectivity index (χ3v) is 44.5. The first-order valence-corrected chi connectivity index (χ1v) is 56.2. The van der Waals surface area contributed by atoms with Gasteiger partial charge in [-0.25, -0.2) is 19.2 Å². The molecule has 2 fully saturated rings. The summed E-state index contributed by atoms with van der Waals surface area (Å²) in [5.41, 5.74) is 2.53. The highest BCUT2D eigenvalue weighted by Crippen LogP contribution is 2.38. The first-order chi connectivity index (χ1) is 54.3. The quantitative estimate of drug-likeness (QED) is 0.0310. The maximum atomic E-state index is 12.9. The zero-order valence-electron chi connectivity index (χ0n) is 58.4. The van der Waals surface area contributed by atoms with Crippen molar-refractivity contribution >= 4 is 416 Å². The lowest BCUT2D eigenvalue weighted by Gasteiger charge is -2.13. The second-order valence-corrected chi connectivity index (χ2v) is 50.8. The highest BCUT2D eigenvalue weighted by atomic mass is 127.